The minimum atomic E-state index is -3.06. The number of sulfonamides is 1. The van der Waals surface area contributed by atoms with E-state index in [-0.39, 0.29) is 11.7 Å². The molecule has 2 fully saturated rings. The summed E-state index contributed by atoms with van der Waals surface area (Å²) in [6.07, 6.45) is 3.60. The summed E-state index contributed by atoms with van der Waals surface area (Å²) in [6.45, 7) is 8.37. The van der Waals surface area contributed by atoms with E-state index in [4.69, 9.17) is 4.74 Å². The van der Waals surface area contributed by atoms with Gasteiger partial charge in [0, 0.05) is 38.1 Å². The molecule has 0 aromatic carbocycles. The van der Waals surface area contributed by atoms with E-state index in [0.29, 0.717) is 19.0 Å². The topological polar surface area (TPSA) is 49.9 Å². The Balaban J connectivity index is 1.94. The lowest BCUT2D eigenvalue weighted by Crippen LogP contribution is -2.55. The Kier molecular flexibility index (Phi) is 5.74. The van der Waals surface area contributed by atoms with Crippen molar-refractivity contribution in [3.8, 4) is 0 Å². The van der Waals surface area contributed by atoms with Crippen LogP contribution in [0.15, 0.2) is 0 Å². The van der Waals surface area contributed by atoms with Gasteiger partial charge in [-0.3, -0.25) is 4.90 Å². The van der Waals surface area contributed by atoms with Crippen molar-refractivity contribution in [1.29, 1.82) is 0 Å². The van der Waals surface area contributed by atoms with Gasteiger partial charge in [-0.2, -0.15) is 0 Å². The third-order valence-electron chi connectivity index (χ3n) is 4.19. The molecule has 0 N–H and O–H groups in total. The fourth-order valence-electron chi connectivity index (χ4n) is 3.48. The van der Waals surface area contributed by atoms with Crippen LogP contribution in [0, 0.1) is 5.92 Å². The van der Waals surface area contributed by atoms with E-state index in [2.05, 4.69) is 34.7 Å². The van der Waals surface area contributed by atoms with Crippen molar-refractivity contribution < 1.29 is 13.2 Å². The minimum absolute atomic E-state index is 0.137. The molecule has 7 heteroatoms. The van der Waals surface area contributed by atoms with Gasteiger partial charge < -0.3 is 4.74 Å². The summed E-state index contributed by atoms with van der Waals surface area (Å²) in [7, 11) is -3.06. The van der Waals surface area contributed by atoms with Gasteiger partial charge in [-0.1, -0.05) is 15.9 Å². The number of ether oxygens (including phenoxy) is 1. The van der Waals surface area contributed by atoms with Crippen LogP contribution in [-0.4, -0.2) is 73.6 Å². The van der Waals surface area contributed by atoms with Crippen LogP contribution in [0.4, 0.5) is 0 Å². The molecule has 0 bridgehead atoms. The molecule has 124 valence electrons. The van der Waals surface area contributed by atoms with Crippen molar-refractivity contribution in [2.24, 2.45) is 5.92 Å². The highest BCUT2D eigenvalue weighted by atomic mass is 79.9. The monoisotopic (exact) mass is 382 g/mol. The summed E-state index contributed by atoms with van der Waals surface area (Å²) in [6, 6.07) is 0. The zero-order valence-corrected chi connectivity index (χ0v) is 15.6. The number of alkyl halides is 1. The second kappa shape index (κ2) is 6.83. The molecule has 21 heavy (non-hydrogen) atoms. The van der Waals surface area contributed by atoms with E-state index in [1.54, 1.807) is 4.31 Å². The van der Waals surface area contributed by atoms with Crippen LogP contribution in [0.25, 0.3) is 0 Å². The van der Waals surface area contributed by atoms with Crippen LogP contribution in [0.1, 0.15) is 26.7 Å². The first-order valence-electron chi connectivity index (χ1n) is 7.61. The Hall–Kier alpha value is 0.310. The smallest absolute Gasteiger partial charge is 0.211 e. The third kappa shape index (κ3) is 5.16. The van der Waals surface area contributed by atoms with Crippen molar-refractivity contribution in [1.82, 2.24) is 9.21 Å². The maximum absolute atomic E-state index is 11.7. The Bertz CT molecular complexity index is 455. The summed E-state index contributed by atoms with van der Waals surface area (Å²) in [5, 5.41) is 0.840. The maximum Gasteiger partial charge on any atom is 0.211 e. The normalized spacial score (nSPS) is 32.2. The first kappa shape index (κ1) is 17.7. The molecule has 0 aliphatic carbocycles. The van der Waals surface area contributed by atoms with Gasteiger partial charge in [0.2, 0.25) is 10.0 Å². The number of hydrogen-bond donors (Lipinski definition) is 0. The van der Waals surface area contributed by atoms with Crippen LogP contribution in [0.2, 0.25) is 0 Å². The molecule has 2 aliphatic heterocycles. The quantitative estimate of drug-likeness (QED) is 0.691. The molecule has 2 saturated heterocycles. The van der Waals surface area contributed by atoms with Crippen molar-refractivity contribution in [2.75, 3.05) is 44.3 Å². The third-order valence-corrected chi connectivity index (χ3v) is 6.18. The fraction of sp³-hybridized carbons (Fsp3) is 1.00. The Labute approximate surface area is 137 Å². The highest BCUT2D eigenvalue weighted by molar-refractivity contribution is 9.09. The Morgan fingerprint density at radius 1 is 1.33 bits per heavy atom. The first-order valence-corrected chi connectivity index (χ1v) is 10.6. The molecule has 0 aromatic rings. The number of piperidine rings is 1. The SMILES string of the molecule is CC1(C)CN(CC2CCCN(S(C)(=O)=O)C2)CC(CBr)O1. The average Bonchev–Trinajstić information content (AvgIpc) is 2.36. The van der Waals surface area contributed by atoms with Crippen molar-refractivity contribution >= 4 is 26.0 Å². The van der Waals surface area contributed by atoms with Gasteiger partial charge in [-0.25, -0.2) is 12.7 Å². The number of morpholine rings is 1. The average molecular weight is 383 g/mol. The van der Waals surface area contributed by atoms with E-state index in [9.17, 15) is 8.42 Å². The highest BCUT2D eigenvalue weighted by Gasteiger charge is 2.35. The van der Waals surface area contributed by atoms with Crippen LogP contribution in [0.3, 0.4) is 0 Å². The molecule has 0 aromatic heterocycles. The molecular formula is C14H27BrN2O3S. The largest absolute Gasteiger partial charge is 0.369 e. The van der Waals surface area contributed by atoms with Crippen LogP contribution in [-0.2, 0) is 14.8 Å². The number of hydrogen-bond acceptors (Lipinski definition) is 4. The van der Waals surface area contributed by atoms with E-state index in [0.717, 1.165) is 37.8 Å². The zero-order valence-electron chi connectivity index (χ0n) is 13.2. The molecule has 2 atom stereocenters. The van der Waals surface area contributed by atoms with Crippen molar-refractivity contribution in [3.63, 3.8) is 0 Å². The predicted molar refractivity (Wildman–Crippen MR) is 88.3 cm³/mol. The minimum Gasteiger partial charge on any atom is -0.369 e. The van der Waals surface area contributed by atoms with Crippen LogP contribution >= 0.6 is 15.9 Å². The molecular weight excluding hydrogens is 356 g/mol. The highest BCUT2D eigenvalue weighted by Crippen LogP contribution is 2.25. The zero-order chi connectivity index (χ0) is 15.7. The second-order valence-electron chi connectivity index (χ2n) is 6.98. The molecule has 2 rings (SSSR count). The predicted octanol–water partition coefficient (Wildman–Crippen LogP) is 1.53. The van der Waals surface area contributed by atoms with Gasteiger partial charge in [0.05, 0.1) is 18.0 Å². The number of nitrogens with zero attached hydrogens (tertiary/aromatic N) is 2. The van der Waals surface area contributed by atoms with E-state index in [1.165, 1.54) is 6.26 Å². The molecule has 0 spiro atoms. The van der Waals surface area contributed by atoms with Gasteiger partial charge in [0.1, 0.15) is 0 Å². The molecule has 2 aliphatic rings. The number of rotatable bonds is 4. The molecule has 2 unspecified atom stereocenters. The van der Waals surface area contributed by atoms with Crippen LogP contribution < -0.4 is 0 Å². The van der Waals surface area contributed by atoms with Crippen molar-refractivity contribution in [2.45, 2.75) is 38.4 Å². The first-order chi connectivity index (χ1) is 9.69. The molecule has 0 saturated carbocycles. The molecule has 5 nitrogen and oxygen atoms in total. The fourth-order valence-corrected chi connectivity index (χ4v) is 4.76. The van der Waals surface area contributed by atoms with E-state index >= 15 is 0 Å². The van der Waals surface area contributed by atoms with Crippen molar-refractivity contribution in [3.05, 3.63) is 0 Å². The lowest BCUT2D eigenvalue weighted by molar-refractivity contribution is -0.129. The molecule has 0 amide bonds. The van der Waals surface area contributed by atoms with E-state index < -0.39 is 10.0 Å². The Morgan fingerprint density at radius 2 is 2.05 bits per heavy atom. The second-order valence-corrected chi connectivity index (χ2v) is 9.61. The summed E-state index contributed by atoms with van der Waals surface area (Å²) < 4.78 is 31.1. The van der Waals surface area contributed by atoms with Gasteiger partial charge in [-0.05, 0) is 32.6 Å². The molecule has 2 heterocycles. The summed E-state index contributed by atoms with van der Waals surface area (Å²) >= 11 is 3.51. The van der Waals surface area contributed by atoms with Gasteiger partial charge >= 0.3 is 0 Å². The summed E-state index contributed by atoms with van der Waals surface area (Å²) in [5.74, 6) is 0.429. The van der Waals surface area contributed by atoms with Gasteiger partial charge in [0.15, 0.2) is 0 Å². The number of halogens is 1. The standard InChI is InChI=1S/C14H27BrN2O3S/c1-14(2)11-16(10-13(7-15)20-14)8-12-5-4-6-17(9-12)21(3,18)19/h12-13H,4-11H2,1-3H3. The van der Waals surface area contributed by atoms with Gasteiger partial charge in [0.25, 0.3) is 0 Å². The molecule has 0 radical (unpaired) electrons. The van der Waals surface area contributed by atoms with Crippen LogP contribution in [0.5, 0.6) is 0 Å². The summed E-state index contributed by atoms with van der Waals surface area (Å²) in [5.41, 5.74) is -0.137. The lowest BCUT2D eigenvalue weighted by Gasteiger charge is -2.44. The lowest BCUT2D eigenvalue weighted by atomic mass is 9.97. The van der Waals surface area contributed by atoms with Gasteiger partial charge in [-0.15, -0.1) is 0 Å². The summed E-state index contributed by atoms with van der Waals surface area (Å²) in [4.78, 5) is 2.44. The maximum atomic E-state index is 11.7. The Morgan fingerprint density at radius 3 is 2.67 bits per heavy atom. The van der Waals surface area contributed by atoms with E-state index in [1.807, 2.05) is 0 Å².